The summed E-state index contributed by atoms with van der Waals surface area (Å²) in [4.78, 5) is 4.66. The van der Waals surface area contributed by atoms with E-state index < -0.39 is 10.0 Å². The number of hydrogen-bond acceptors (Lipinski definition) is 8. The molecule has 0 amide bonds. The molecule has 2 aliphatic rings. The van der Waals surface area contributed by atoms with Crippen molar-refractivity contribution in [3.63, 3.8) is 0 Å². The van der Waals surface area contributed by atoms with Crippen molar-refractivity contribution in [1.82, 2.24) is 20.2 Å². The summed E-state index contributed by atoms with van der Waals surface area (Å²) >= 11 is 0. The first-order valence-electron chi connectivity index (χ1n) is 10.0. The molecule has 1 aliphatic carbocycles. The summed E-state index contributed by atoms with van der Waals surface area (Å²) in [5.41, 5.74) is 1.93. The number of hydrogen-bond donors (Lipinski definition) is 5. The summed E-state index contributed by atoms with van der Waals surface area (Å²) in [7, 11) is -2.02. The number of aliphatic imine (C=N–C) groups is 1. The SMILES string of the molecule is COCCNS(=O)(=O)c1ccc(NC2=NCCC(Nc3cc(C4CC4)[nH]n3)N2)cc1. The second kappa shape index (κ2) is 9.02. The predicted octanol–water partition coefficient (Wildman–Crippen LogP) is 1.41. The van der Waals surface area contributed by atoms with Crippen molar-refractivity contribution in [2.45, 2.75) is 36.2 Å². The molecule has 4 rings (SSSR count). The lowest BCUT2D eigenvalue weighted by Gasteiger charge is -2.26. The van der Waals surface area contributed by atoms with Gasteiger partial charge in [0, 0.05) is 50.0 Å². The van der Waals surface area contributed by atoms with Crippen molar-refractivity contribution in [1.29, 1.82) is 0 Å². The van der Waals surface area contributed by atoms with Gasteiger partial charge in [0.25, 0.3) is 0 Å². The van der Waals surface area contributed by atoms with Crippen LogP contribution in [0.4, 0.5) is 11.5 Å². The lowest BCUT2D eigenvalue weighted by molar-refractivity contribution is 0.204. The third-order valence-corrected chi connectivity index (χ3v) is 6.44. The largest absolute Gasteiger partial charge is 0.383 e. The van der Waals surface area contributed by atoms with Gasteiger partial charge in [-0.25, -0.2) is 13.1 Å². The number of nitrogens with one attached hydrogen (secondary N) is 5. The van der Waals surface area contributed by atoms with Crippen LogP contribution in [0.2, 0.25) is 0 Å². The van der Waals surface area contributed by atoms with Gasteiger partial charge >= 0.3 is 0 Å². The van der Waals surface area contributed by atoms with Gasteiger partial charge in [0.1, 0.15) is 12.0 Å². The third-order valence-electron chi connectivity index (χ3n) is 4.96. The molecule has 2 aromatic rings. The highest BCUT2D eigenvalue weighted by Crippen LogP contribution is 2.39. The van der Waals surface area contributed by atoms with Gasteiger partial charge in [-0.15, -0.1) is 0 Å². The van der Waals surface area contributed by atoms with Crippen molar-refractivity contribution in [2.75, 3.05) is 37.4 Å². The third kappa shape index (κ3) is 5.29. The number of H-pyrrole nitrogens is 1. The summed E-state index contributed by atoms with van der Waals surface area (Å²) in [6.07, 6.45) is 3.30. The minimum absolute atomic E-state index is 0.00462. The molecular formula is C19H27N7O3S. The van der Waals surface area contributed by atoms with E-state index in [1.807, 2.05) is 0 Å². The molecule has 1 saturated carbocycles. The van der Waals surface area contributed by atoms with E-state index in [9.17, 15) is 8.42 Å². The maximum atomic E-state index is 12.2. The molecule has 0 spiro atoms. The number of guanidine groups is 1. The van der Waals surface area contributed by atoms with E-state index in [-0.39, 0.29) is 17.6 Å². The second-order valence-electron chi connectivity index (χ2n) is 7.38. The average Bonchev–Trinajstić information content (AvgIpc) is 3.48. The standard InChI is InChI=1S/C19H27N7O3S/c1-29-11-10-21-30(27,28)15-6-4-14(5-7-15)22-19-20-9-8-17(24-19)23-18-12-16(25-26-18)13-2-3-13/h4-7,12-13,17,21H,2-3,8-11H2,1H3,(H2,20,22,24)(H2,23,25,26). The zero-order valence-electron chi connectivity index (χ0n) is 16.8. The Balaban J connectivity index is 1.31. The fraction of sp³-hybridized carbons (Fsp3) is 0.474. The smallest absolute Gasteiger partial charge is 0.240 e. The van der Waals surface area contributed by atoms with E-state index >= 15 is 0 Å². The summed E-state index contributed by atoms with van der Waals surface area (Å²) in [5.74, 6) is 2.09. The van der Waals surface area contributed by atoms with E-state index in [0.717, 1.165) is 17.9 Å². The van der Waals surface area contributed by atoms with E-state index in [2.05, 4.69) is 41.9 Å². The first kappa shape index (κ1) is 20.6. The minimum atomic E-state index is -3.55. The van der Waals surface area contributed by atoms with E-state index in [1.165, 1.54) is 25.6 Å². The second-order valence-corrected chi connectivity index (χ2v) is 9.15. The Morgan fingerprint density at radius 2 is 2.00 bits per heavy atom. The van der Waals surface area contributed by atoms with Gasteiger partial charge in [-0.1, -0.05) is 0 Å². The van der Waals surface area contributed by atoms with Crippen molar-refractivity contribution < 1.29 is 13.2 Å². The number of benzene rings is 1. The van der Waals surface area contributed by atoms with Crippen LogP contribution in [-0.2, 0) is 14.8 Å². The lowest BCUT2D eigenvalue weighted by atomic mass is 10.2. The Hall–Kier alpha value is -2.63. The van der Waals surface area contributed by atoms with Crippen LogP contribution in [0.1, 0.15) is 30.9 Å². The maximum Gasteiger partial charge on any atom is 0.240 e. The monoisotopic (exact) mass is 433 g/mol. The summed E-state index contributed by atoms with van der Waals surface area (Å²) in [6, 6.07) is 8.60. The van der Waals surface area contributed by atoms with Crippen molar-refractivity contribution >= 4 is 27.5 Å². The van der Waals surface area contributed by atoms with Gasteiger partial charge in [0.05, 0.1) is 11.5 Å². The summed E-state index contributed by atoms with van der Waals surface area (Å²) < 4.78 is 31.8. The number of methoxy groups -OCH3 is 1. The average molecular weight is 434 g/mol. The number of aromatic amines is 1. The predicted molar refractivity (Wildman–Crippen MR) is 115 cm³/mol. The molecule has 162 valence electrons. The Morgan fingerprint density at radius 3 is 2.73 bits per heavy atom. The number of anilines is 2. The number of sulfonamides is 1. The normalized spacial score (nSPS) is 19.1. The molecule has 5 N–H and O–H groups in total. The molecule has 0 saturated heterocycles. The van der Waals surface area contributed by atoms with Crippen LogP contribution in [0.25, 0.3) is 0 Å². The molecule has 1 aromatic heterocycles. The number of aromatic nitrogens is 2. The highest BCUT2D eigenvalue weighted by atomic mass is 32.2. The van der Waals surface area contributed by atoms with Crippen LogP contribution in [0.3, 0.4) is 0 Å². The first-order valence-corrected chi connectivity index (χ1v) is 11.5. The Kier molecular flexibility index (Phi) is 6.21. The van der Waals surface area contributed by atoms with E-state index in [4.69, 9.17) is 4.74 Å². The molecule has 1 atom stereocenters. The molecule has 1 aromatic carbocycles. The Bertz CT molecular complexity index is 984. The van der Waals surface area contributed by atoms with Crippen molar-refractivity contribution in [2.24, 2.45) is 4.99 Å². The quantitative estimate of drug-likeness (QED) is 0.378. The van der Waals surface area contributed by atoms with Gasteiger partial charge < -0.3 is 20.7 Å². The lowest BCUT2D eigenvalue weighted by Crippen LogP contribution is -2.47. The molecular weight excluding hydrogens is 406 g/mol. The molecule has 0 bridgehead atoms. The molecule has 1 unspecified atom stereocenters. The van der Waals surface area contributed by atoms with Crippen LogP contribution in [-0.4, -0.2) is 57.5 Å². The maximum absolute atomic E-state index is 12.2. The zero-order chi connectivity index (χ0) is 21.0. The molecule has 10 nitrogen and oxygen atoms in total. The van der Waals surface area contributed by atoms with Crippen LogP contribution in [0.5, 0.6) is 0 Å². The molecule has 0 radical (unpaired) electrons. The fourth-order valence-electron chi connectivity index (χ4n) is 3.18. The first-order chi connectivity index (χ1) is 14.5. The number of rotatable bonds is 9. The van der Waals surface area contributed by atoms with Crippen LogP contribution < -0.4 is 20.7 Å². The molecule has 30 heavy (non-hydrogen) atoms. The molecule has 11 heteroatoms. The van der Waals surface area contributed by atoms with Crippen LogP contribution in [0, 0.1) is 0 Å². The topological polar surface area (TPSA) is 133 Å². The Morgan fingerprint density at radius 1 is 1.20 bits per heavy atom. The van der Waals surface area contributed by atoms with Gasteiger partial charge in [-0.3, -0.25) is 10.1 Å². The minimum Gasteiger partial charge on any atom is -0.383 e. The van der Waals surface area contributed by atoms with Gasteiger partial charge in [0.15, 0.2) is 5.96 Å². The van der Waals surface area contributed by atoms with Crippen molar-refractivity contribution in [3.05, 3.63) is 36.0 Å². The summed E-state index contributed by atoms with van der Waals surface area (Å²) in [6.45, 7) is 1.22. The Labute approximate surface area is 175 Å². The number of ether oxygens (including phenoxy) is 1. The van der Waals surface area contributed by atoms with Gasteiger partial charge in [-0.2, -0.15) is 5.10 Å². The highest BCUT2D eigenvalue weighted by molar-refractivity contribution is 7.89. The molecule has 1 aliphatic heterocycles. The highest BCUT2D eigenvalue weighted by Gasteiger charge is 2.26. The van der Waals surface area contributed by atoms with Gasteiger partial charge in [-0.05, 0) is 37.1 Å². The van der Waals surface area contributed by atoms with Crippen LogP contribution >= 0.6 is 0 Å². The summed E-state index contributed by atoms with van der Waals surface area (Å²) in [5, 5.41) is 17.3. The number of nitrogens with zero attached hydrogens (tertiary/aromatic N) is 2. The molecule has 1 fully saturated rings. The van der Waals surface area contributed by atoms with E-state index in [1.54, 1.807) is 24.3 Å². The zero-order valence-corrected chi connectivity index (χ0v) is 17.6. The van der Waals surface area contributed by atoms with E-state index in [0.29, 0.717) is 25.0 Å². The van der Waals surface area contributed by atoms with Crippen molar-refractivity contribution in [3.8, 4) is 0 Å². The fourth-order valence-corrected chi connectivity index (χ4v) is 4.19. The van der Waals surface area contributed by atoms with Crippen LogP contribution in [0.15, 0.2) is 40.2 Å². The van der Waals surface area contributed by atoms with Gasteiger partial charge in [0.2, 0.25) is 10.0 Å². The molecule has 2 heterocycles.